The Morgan fingerprint density at radius 2 is 1.65 bits per heavy atom. The minimum Gasteiger partial charge on any atom is -0.376 e. The zero-order chi connectivity index (χ0) is 42.1. The number of benzene rings is 4. The van der Waals surface area contributed by atoms with E-state index in [2.05, 4.69) is 46.8 Å². The third-order valence-corrected chi connectivity index (χ3v) is 14.0. The first-order valence-corrected chi connectivity index (χ1v) is 23.5. The molecule has 0 spiro atoms. The molecule has 7 rings (SSSR count). The number of piperazine rings is 1. The average Bonchev–Trinajstić information content (AvgIpc) is 3.23. The van der Waals surface area contributed by atoms with Gasteiger partial charge in [0.2, 0.25) is 0 Å². The van der Waals surface area contributed by atoms with Crippen LogP contribution in [0.5, 0.6) is 0 Å². The summed E-state index contributed by atoms with van der Waals surface area (Å²) in [5.41, 5.74) is 5.85. The number of hydrogen-bond acceptors (Lipinski definition) is 11. The molecule has 0 saturated carbocycles. The molecule has 316 valence electrons. The van der Waals surface area contributed by atoms with Gasteiger partial charge in [-0.25, -0.2) is 18.4 Å². The molecular formula is C45H53ClN8O4S2. The zero-order valence-electron chi connectivity index (χ0n) is 34.2. The van der Waals surface area contributed by atoms with E-state index < -0.39 is 14.9 Å². The summed E-state index contributed by atoms with van der Waals surface area (Å²) >= 11 is 7.89. The van der Waals surface area contributed by atoms with Crippen molar-refractivity contribution in [2.24, 2.45) is 0 Å². The van der Waals surface area contributed by atoms with Crippen LogP contribution in [0, 0.1) is 10.1 Å². The summed E-state index contributed by atoms with van der Waals surface area (Å²) in [5, 5.41) is 17.0. The lowest BCUT2D eigenvalue weighted by atomic mass is 9.88. The van der Waals surface area contributed by atoms with Gasteiger partial charge in [0, 0.05) is 71.6 Å². The highest BCUT2D eigenvalue weighted by molar-refractivity contribution is 7.99. The maximum absolute atomic E-state index is 13.8. The highest BCUT2D eigenvalue weighted by atomic mass is 35.5. The Kier molecular flexibility index (Phi) is 14.6. The number of rotatable bonds is 16. The van der Waals surface area contributed by atoms with Crippen LogP contribution in [0.15, 0.2) is 113 Å². The molecule has 1 atom stereocenters. The maximum Gasteiger partial charge on any atom is 0.293 e. The molecule has 5 aromatic rings. The van der Waals surface area contributed by atoms with Gasteiger partial charge in [0.05, 0.1) is 15.3 Å². The summed E-state index contributed by atoms with van der Waals surface area (Å²) in [6.45, 7) is 5.29. The number of nitro groups is 1. The smallest absolute Gasteiger partial charge is 0.293 e. The van der Waals surface area contributed by atoms with E-state index in [9.17, 15) is 18.5 Å². The van der Waals surface area contributed by atoms with Gasteiger partial charge < -0.3 is 15.1 Å². The lowest BCUT2D eigenvalue weighted by Gasteiger charge is -2.37. The number of halogens is 1. The van der Waals surface area contributed by atoms with Crippen molar-refractivity contribution in [3.8, 4) is 0 Å². The first-order chi connectivity index (χ1) is 29.0. The normalized spacial score (nSPS) is 17.3. The number of nitrogens with one attached hydrogen (secondary N) is 2. The van der Waals surface area contributed by atoms with Gasteiger partial charge in [0.1, 0.15) is 12.0 Å². The lowest BCUT2D eigenvalue weighted by Crippen LogP contribution is -2.47. The summed E-state index contributed by atoms with van der Waals surface area (Å²) in [4.78, 5) is 28.4. The molecule has 1 aliphatic heterocycles. The summed E-state index contributed by atoms with van der Waals surface area (Å²) in [7, 11) is -0.297. The minimum absolute atomic E-state index is 0.104. The minimum atomic E-state index is -4.26. The Morgan fingerprint density at radius 3 is 2.38 bits per heavy atom. The fraction of sp³-hybridized carbons (Fsp3) is 0.378. The first-order valence-electron chi connectivity index (χ1n) is 20.6. The lowest BCUT2D eigenvalue weighted by molar-refractivity contribution is -0.384. The number of fused-ring (bicyclic) bond motifs is 1. The third kappa shape index (κ3) is 11.3. The highest BCUT2D eigenvalue weighted by Gasteiger charge is 2.26. The van der Waals surface area contributed by atoms with Gasteiger partial charge in [-0.2, -0.15) is 0 Å². The van der Waals surface area contributed by atoms with Gasteiger partial charge in [0.15, 0.2) is 5.82 Å². The SMILES string of the molecule is CN(C)CC[C@H](CSc1ccccc1)Nc1ccc(S(=O)(=O)Nc2ncnc3cc(N4CCN(C/C5=C(\c6ccc(Cl)cc6)CCCCCC5)CC4)ccc23)cc1[N+](=O)[O-]. The molecular weight excluding hydrogens is 816 g/mol. The van der Waals surface area contributed by atoms with E-state index in [0.717, 1.165) is 80.2 Å². The number of sulfonamides is 1. The van der Waals surface area contributed by atoms with Crippen LogP contribution in [0.1, 0.15) is 50.5 Å². The van der Waals surface area contributed by atoms with Crippen molar-refractivity contribution in [2.45, 2.75) is 60.8 Å². The van der Waals surface area contributed by atoms with Crippen molar-refractivity contribution in [1.29, 1.82) is 0 Å². The first kappa shape index (κ1) is 43.4. The van der Waals surface area contributed by atoms with Gasteiger partial charge >= 0.3 is 0 Å². The zero-order valence-corrected chi connectivity index (χ0v) is 36.6. The second kappa shape index (κ2) is 20.2. The van der Waals surface area contributed by atoms with Crippen molar-refractivity contribution < 1.29 is 13.3 Å². The van der Waals surface area contributed by atoms with Crippen molar-refractivity contribution in [1.82, 2.24) is 19.8 Å². The molecule has 0 bridgehead atoms. The van der Waals surface area contributed by atoms with Gasteiger partial charge in [-0.3, -0.25) is 19.7 Å². The predicted octanol–water partition coefficient (Wildman–Crippen LogP) is 9.45. The van der Waals surface area contributed by atoms with E-state index in [0.29, 0.717) is 16.7 Å². The Hall–Kier alpha value is -4.73. The van der Waals surface area contributed by atoms with E-state index >= 15 is 0 Å². The molecule has 1 aromatic heterocycles. The molecule has 2 N–H and O–H groups in total. The molecule has 12 nitrogen and oxygen atoms in total. The molecule has 2 heterocycles. The number of aromatic nitrogens is 2. The quantitative estimate of drug-likeness (QED) is 0.0558. The van der Waals surface area contributed by atoms with E-state index in [1.807, 2.05) is 74.8 Å². The predicted molar refractivity (Wildman–Crippen MR) is 246 cm³/mol. The van der Waals surface area contributed by atoms with Crippen LogP contribution in [0.3, 0.4) is 0 Å². The van der Waals surface area contributed by atoms with Gasteiger partial charge in [-0.15, -0.1) is 11.8 Å². The molecule has 0 amide bonds. The molecule has 0 radical (unpaired) electrons. The van der Waals surface area contributed by atoms with Crippen LogP contribution >= 0.6 is 23.4 Å². The number of nitro benzene ring substituents is 1. The molecule has 60 heavy (non-hydrogen) atoms. The van der Waals surface area contributed by atoms with Crippen LogP contribution in [-0.4, -0.2) is 98.3 Å². The van der Waals surface area contributed by atoms with Crippen molar-refractivity contribution in [2.75, 3.05) is 74.1 Å². The van der Waals surface area contributed by atoms with E-state index in [-0.39, 0.29) is 28.1 Å². The molecule has 1 saturated heterocycles. The summed E-state index contributed by atoms with van der Waals surface area (Å²) < 4.78 is 30.2. The fourth-order valence-corrected chi connectivity index (χ4v) is 10.1. The molecule has 2 aliphatic rings. The number of hydrogen-bond donors (Lipinski definition) is 2. The Balaban J connectivity index is 1.02. The Morgan fingerprint density at radius 1 is 0.900 bits per heavy atom. The van der Waals surface area contributed by atoms with E-state index in [1.165, 1.54) is 55.3 Å². The standard InChI is InChI=1S/C45H53ClN8O4S2/c1-51(2)23-22-36(31-59-38-11-7-5-8-12-38)49-42-21-19-39(29-44(42)54(55)56)60(57,58)50-45-41-20-18-37(28-43(41)47-32-48-45)53-26-24-52(25-27-53)30-34-10-6-3-4-9-13-40(34)33-14-16-35(46)17-15-33/h5,7-8,11-12,14-21,28-29,32,36,49H,3-4,6,9-10,13,22-27,30-31H2,1-2H3,(H,47,48,50)/b40-34-/t36-/m1/s1. The highest BCUT2D eigenvalue weighted by Crippen LogP contribution is 2.34. The summed E-state index contributed by atoms with van der Waals surface area (Å²) in [6.07, 6.45) is 9.28. The third-order valence-electron chi connectivity index (χ3n) is 11.2. The van der Waals surface area contributed by atoms with Crippen molar-refractivity contribution in [3.63, 3.8) is 0 Å². The van der Waals surface area contributed by atoms with Gasteiger partial charge in [0.25, 0.3) is 15.7 Å². The van der Waals surface area contributed by atoms with Crippen LogP contribution in [0.4, 0.5) is 22.9 Å². The maximum atomic E-state index is 13.8. The number of anilines is 3. The molecule has 1 aliphatic carbocycles. The molecule has 4 aromatic carbocycles. The van der Waals surface area contributed by atoms with Crippen molar-refractivity contribution >= 4 is 72.7 Å². The van der Waals surface area contributed by atoms with E-state index in [1.54, 1.807) is 17.3 Å². The molecule has 0 unspecified atom stereocenters. The van der Waals surface area contributed by atoms with Crippen LogP contribution in [0.2, 0.25) is 5.02 Å². The topological polar surface area (TPSA) is 137 Å². The van der Waals surface area contributed by atoms with Crippen LogP contribution < -0.4 is 14.9 Å². The summed E-state index contributed by atoms with van der Waals surface area (Å²) in [6, 6.07) is 27.9. The largest absolute Gasteiger partial charge is 0.376 e. The summed E-state index contributed by atoms with van der Waals surface area (Å²) in [5.74, 6) is 0.771. The van der Waals surface area contributed by atoms with Gasteiger partial charge in [-0.05, 0) is 118 Å². The van der Waals surface area contributed by atoms with Gasteiger partial charge in [-0.1, -0.05) is 60.3 Å². The second-order valence-electron chi connectivity index (χ2n) is 15.8. The Labute approximate surface area is 362 Å². The van der Waals surface area contributed by atoms with Crippen LogP contribution in [-0.2, 0) is 10.0 Å². The fourth-order valence-electron chi connectivity index (χ4n) is 7.94. The number of nitrogens with zero attached hydrogens (tertiary/aromatic N) is 6. The molecule has 15 heteroatoms. The van der Waals surface area contributed by atoms with Crippen molar-refractivity contribution in [3.05, 3.63) is 124 Å². The average molecular weight is 870 g/mol. The number of thioether (sulfide) groups is 1. The van der Waals surface area contributed by atoms with Crippen LogP contribution in [0.25, 0.3) is 16.5 Å². The Bertz CT molecular complexity index is 2390. The monoisotopic (exact) mass is 868 g/mol. The molecule has 1 fully saturated rings. The second-order valence-corrected chi connectivity index (χ2v) is 19.0. The number of allylic oxidation sites excluding steroid dienone is 1. The van der Waals surface area contributed by atoms with E-state index in [4.69, 9.17) is 11.6 Å².